The van der Waals surface area contributed by atoms with Crippen LogP contribution < -0.4 is 16.2 Å². The molecule has 0 unspecified atom stereocenters. The molecule has 3 N–H and O–H groups in total. The third-order valence-electron chi connectivity index (χ3n) is 3.18. The number of hydrogen-bond acceptors (Lipinski definition) is 4. The standard InChI is InChI=1S/C11H18N4O/c12-4-1-9-2-5-15(6-3-9)10-7-11(16)14-8-13-10/h7-9H,1-6,12H2,(H,13,14,16). The minimum atomic E-state index is -0.0888. The highest BCUT2D eigenvalue weighted by molar-refractivity contribution is 5.36. The number of rotatable bonds is 3. The van der Waals surface area contributed by atoms with E-state index >= 15 is 0 Å². The Morgan fingerprint density at radius 2 is 2.25 bits per heavy atom. The molecule has 0 aromatic carbocycles. The molecule has 5 nitrogen and oxygen atoms in total. The van der Waals surface area contributed by atoms with Gasteiger partial charge in [0.15, 0.2) is 0 Å². The zero-order valence-corrected chi connectivity index (χ0v) is 9.35. The van der Waals surface area contributed by atoms with Crippen LogP contribution in [0.1, 0.15) is 19.3 Å². The average molecular weight is 222 g/mol. The van der Waals surface area contributed by atoms with E-state index in [0.29, 0.717) is 0 Å². The lowest BCUT2D eigenvalue weighted by atomic mass is 9.94. The Balaban J connectivity index is 1.96. The van der Waals surface area contributed by atoms with Gasteiger partial charge in [-0.15, -0.1) is 0 Å². The van der Waals surface area contributed by atoms with E-state index in [2.05, 4.69) is 14.9 Å². The fourth-order valence-corrected chi connectivity index (χ4v) is 2.22. The van der Waals surface area contributed by atoms with E-state index in [1.54, 1.807) is 6.07 Å². The van der Waals surface area contributed by atoms with Crippen LogP contribution >= 0.6 is 0 Å². The second-order valence-corrected chi connectivity index (χ2v) is 4.28. The number of nitrogens with two attached hydrogens (primary N) is 1. The fourth-order valence-electron chi connectivity index (χ4n) is 2.22. The summed E-state index contributed by atoms with van der Waals surface area (Å²) < 4.78 is 0. The summed E-state index contributed by atoms with van der Waals surface area (Å²) in [6, 6.07) is 1.56. The Hall–Kier alpha value is -1.36. The van der Waals surface area contributed by atoms with Crippen molar-refractivity contribution in [1.29, 1.82) is 0 Å². The van der Waals surface area contributed by atoms with Crippen molar-refractivity contribution in [3.05, 3.63) is 22.7 Å². The number of nitrogens with zero attached hydrogens (tertiary/aromatic N) is 2. The maximum atomic E-state index is 11.2. The van der Waals surface area contributed by atoms with Crippen molar-refractivity contribution >= 4 is 5.82 Å². The lowest BCUT2D eigenvalue weighted by Gasteiger charge is -2.32. The van der Waals surface area contributed by atoms with Gasteiger partial charge in [-0.05, 0) is 31.7 Å². The fraction of sp³-hybridized carbons (Fsp3) is 0.636. The smallest absolute Gasteiger partial charge is 0.252 e. The maximum absolute atomic E-state index is 11.2. The van der Waals surface area contributed by atoms with Crippen molar-refractivity contribution in [3.8, 4) is 0 Å². The van der Waals surface area contributed by atoms with Crippen molar-refractivity contribution in [2.24, 2.45) is 11.7 Å². The number of nitrogens with one attached hydrogen (secondary N) is 1. The molecule has 1 saturated heterocycles. The van der Waals surface area contributed by atoms with Gasteiger partial charge in [-0.1, -0.05) is 0 Å². The van der Waals surface area contributed by atoms with Gasteiger partial charge in [0.25, 0.3) is 5.56 Å². The summed E-state index contributed by atoms with van der Waals surface area (Å²) in [5.74, 6) is 1.53. The Morgan fingerprint density at radius 1 is 1.50 bits per heavy atom. The van der Waals surface area contributed by atoms with Gasteiger partial charge in [0, 0.05) is 19.2 Å². The number of anilines is 1. The molecule has 2 rings (SSSR count). The maximum Gasteiger partial charge on any atom is 0.252 e. The largest absolute Gasteiger partial charge is 0.356 e. The summed E-state index contributed by atoms with van der Waals surface area (Å²) in [7, 11) is 0. The monoisotopic (exact) mass is 222 g/mol. The van der Waals surface area contributed by atoms with Crippen LogP contribution in [0.2, 0.25) is 0 Å². The van der Waals surface area contributed by atoms with Crippen LogP contribution in [0.4, 0.5) is 5.82 Å². The van der Waals surface area contributed by atoms with Crippen LogP contribution in [0.3, 0.4) is 0 Å². The molecule has 0 radical (unpaired) electrons. The number of aromatic amines is 1. The van der Waals surface area contributed by atoms with E-state index in [9.17, 15) is 4.79 Å². The molecule has 1 aromatic rings. The molecule has 0 bridgehead atoms. The van der Waals surface area contributed by atoms with E-state index in [1.807, 2.05) is 0 Å². The molecule has 2 heterocycles. The molecular weight excluding hydrogens is 204 g/mol. The first-order valence-corrected chi connectivity index (χ1v) is 5.79. The summed E-state index contributed by atoms with van der Waals surface area (Å²) in [5.41, 5.74) is 5.46. The molecule has 0 amide bonds. The highest BCUT2D eigenvalue weighted by Crippen LogP contribution is 2.22. The van der Waals surface area contributed by atoms with E-state index in [0.717, 1.165) is 50.6 Å². The quantitative estimate of drug-likeness (QED) is 0.773. The Morgan fingerprint density at radius 3 is 2.88 bits per heavy atom. The molecule has 0 aliphatic carbocycles. The summed E-state index contributed by atoms with van der Waals surface area (Å²) in [4.78, 5) is 20.0. The summed E-state index contributed by atoms with van der Waals surface area (Å²) >= 11 is 0. The lowest BCUT2D eigenvalue weighted by molar-refractivity contribution is 0.385. The molecule has 1 aliphatic heterocycles. The lowest BCUT2D eigenvalue weighted by Crippen LogP contribution is -2.35. The van der Waals surface area contributed by atoms with Crippen LogP contribution in [-0.2, 0) is 0 Å². The van der Waals surface area contributed by atoms with Crippen LogP contribution in [0.5, 0.6) is 0 Å². The van der Waals surface area contributed by atoms with Gasteiger partial charge < -0.3 is 15.6 Å². The molecule has 88 valence electrons. The van der Waals surface area contributed by atoms with Crippen molar-refractivity contribution in [2.45, 2.75) is 19.3 Å². The highest BCUT2D eigenvalue weighted by atomic mass is 16.1. The van der Waals surface area contributed by atoms with Gasteiger partial charge in [0.2, 0.25) is 0 Å². The van der Waals surface area contributed by atoms with E-state index in [4.69, 9.17) is 5.73 Å². The first-order chi connectivity index (χ1) is 7.79. The molecule has 1 fully saturated rings. The number of H-pyrrole nitrogens is 1. The SMILES string of the molecule is NCCC1CCN(c2cc(=O)[nH]cn2)CC1. The average Bonchev–Trinajstić information content (AvgIpc) is 2.30. The van der Waals surface area contributed by atoms with Crippen molar-refractivity contribution in [2.75, 3.05) is 24.5 Å². The van der Waals surface area contributed by atoms with E-state index < -0.39 is 0 Å². The number of piperidine rings is 1. The second kappa shape index (κ2) is 5.12. The van der Waals surface area contributed by atoms with Crippen molar-refractivity contribution in [3.63, 3.8) is 0 Å². The summed E-state index contributed by atoms with van der Waals surface area (Å²) in [6.07, 6.45) is 4.86. The van der Waals surface area contributed by atoms with Gasteiger partial charge >= 0.3 is 0 Å². The van der Waals surface area contributed by atoms with Crippen molar-refractivity contribution in [1.82, 2.24) is 9.97 Å². The zero-order chi connectivity index (χ0) is 11.4. The zero-order valence-electron chi connectivity index (χ0n) is 9.35. The van der Waals surface area contributed by atoms with Crippen LogP contribution in [0, 0.1) is 5.92 Å². The Kier molecular flexibility index (Phi) is 3.56. The first kappa shape index (κ1) is 11.1. The first-order valence-electron chi connectivity index (χ1n) is 5.79. The number of hydrogen-bond donors (Lipinski definition) is 2. The Labute approximate surface area is 94.7 Å². The summed E-state index contributed by atoms with van der Waals surface area (Å²) in [5, 5.41) is 0. The summed E-state index contributed by atoms with van der Waals surface area (Å²) in [6.45, 7) is 2.72. The van der Waals surface area contributed by atoms with Crippen molar-refractivity contribution < 1.29 is 0 Å². The van der Waals surface area contributed by atoms with Crippen LogP contribution in [0.25, 0.3) is 0 Å². The molecule has 16 heavy (non-hydrogen) atoms. The highest BCUT2D eigenvalue weighted by Gasteiger charge is 2.19. The number of aromatic nitrogens is 2. The van der Waals surface area contributed by atoms with E-state index in [-0.39, 0.29) is 5.56 Å². The van der Waals surface area contributed by atoms with Crippen LogP contribution in [0.15, 0.2) is 17.2 Å². The molecule has 1 aliphatic rings. The van der Waals surface area contributed by atoms with Gasteiger partial charge in [0.05, 0.1) is 6.33 Å². The molecule has 0 saturated carbocycles. The molecule has 1 aromatic heterocycles. The minimum Gasteiger partial charge on any atom is -0.356 e. The van der Waals surface area contributed by atoms with Gasteiger partial charge in [0.1, 0.15) is 5.82 Å². The predicted octanol–water partition coefficient (Wildman–Crippen LogP) is 0.335. The topological polar surface area (TPSA) is 75.0 Å². The third-order valence-corrected chi connectivity index (χ3v) is 3.18. The third kappa shape index (κ3) is 2.61. The Bertz CT molecular complexity index is 382. The molecule has 0 spiro atoms. The second-order valence-electron chi connectivity index (χ2n) is 4.28. The van der Waals surface area contributed by atoms with Gasteiger partial charge in [-0.2, -0.15) is 0 Å². The normalized spacial score (nSPS) is 17.7. The van der Waals surface area contributed by atoms with Crippen LogP contribution in [-0.4, -0.2) is 29.6 Å². The molecule has 5 heteroatoms. The van der Waals surface area contributed by atoms with Gasteiger partial charge in [-0.25, -0.2) is 4.98 Å². The van der Waals surface area contributed by atoms with E-state index in [1.165, 1.54) is 6.33 Å². The minimum absolute atomic E-state index is 0.0888. The molecular formula is C11H18N4O. The molecule has 0 atom stereocenters. The van der Waals surface area contributed by atoms with Gasteiger partial charge in [-0.3, -0.25) is 4.79 Å². The predicted molar refractivity (Wildman–Crippen MR) is 63.5 cm³/mol.